The van der Waals surface area contributed by atoms with Gasteiger partial charge < -0.3 is 4.57 Å². The fraction of sp³-hybridized carbons (Fsp3) is 0.0556. The van der Waals surface area contributed by atoms with Crippen LogP contribution >= 0.6 is 11.3 Å². The zero-order valence-corrected chi connectivity index (χ0v) is 33.2. The predicted octanol–water partition coefficient (Wildman–Crippen LogP) is 13.9. The van der Waals surface area contributed by atoms with Crippen LogP contribution in [0.2, 0.25) is 0 Å². The molecule has 0 radical (unpaired) electrons. The van der Waals surface area contributed by atoms with Gasteiger partial charge in [0.05, 0.1) is 5.52 Å². The predicted molar refractivity (Wildman–Crippen MR) is 244 cm³/mol. The Balaban J connectivity index is 1.08. The molecule has 3 aromatic heterocycles. The molecular weight excluding hydrogens is 737 g/mol. The molecule has 5 heteroatoms. The van der Waals surface area contributed by atoms with Gasteiger partial charge in [0.15, 0.2) is 17.5 Å². The molecule has 1 aliphatic carbocycles. The van der Waals surface area contributed by atoms with Gasteiger partial charge in [-0.2, -0.15) is 0 Å². The van der Waals surface area contributed by atoms with E-state index in [1.807, 2.05) is 41.7 Å². The fourth-order valence-corrected chi connectivity index (χ4v) is 10.6. The van der Waals surface area contributed by atoms with Crippen molar-refractivity contribution in [3.8, 4) is 62.1 Å². The maximum absolute atomic E-state index is 5.43. The van der Waals surface area contributed by atoms with Crippen LogP contribution in [0.5, 0.6) is 0 Å². The Labute approximate surface area is 345 Å². The Morgan fingerprint density at radius 2 is 1.17 bits per heavy atom. The van der Waals surface area contributed by atoms with Gasteiger partial charge in [0.2, 0.25) is 0 Å². The molecule has 12 rings (SSSR count). The van der Waals surface area contributed by atoms with E-state index in [1.54, 1.807) is 0 Å². The Hall–Kier alpha value is -7.39. The molecule has 1 aliphatic rings. The lowest BCUT2D eigenvalue weighted by Crippen LogP contribution is -2.17. The number of rotatable bonds is 5. The van der Waals surface area contributed by atoms with Gasteiger partial charge in [-0.25, -0.2) is 15.0 Å². The van der Waals surface area contributed by atoms with Crippen molar-refractivity contribution in [2.75, 3.05) is 0 Å². The lowest BCUT2D eigenvalue weighted by Gasteiger charge is -2.24. The first-order valence-electron chi connectivity index (χ1n) is 20.0. The molecule has 59 heavy (non-hydrogen) atoms. The summed E-state index contributed by atoms with van der Waals surface area (Å²) >= 11 is 1.86. The first-order chi connectivity index (χ1) is 29.0. The summed E-state index contributed by atoms with van der Waals surface area (Å²) in [5, 5.41) is 4.84. The zero-order chi connectivity index (χ0) is 39.2. The topological polar surface area (TPSA) is 43.6 Å². The van der Waals surface area contributed by atoms with E-state index < -0.39 is 0 Å². The molecular formula is C54H34N4S. The Bertz CT molecular complexity index is 3470. The molecule has 3 heterocycles. The van der Waals surface area contributed by atoms with E-state index >= 15 is 0 Å². The van der Waals surface area contributed by atoms with Crippen molar-refractivity contribution in [1.29, 1.82) is 0 Å². The summed E-state index contributed by atoms with van der Waals surface area (Å²) < 4.78 is 4.89. The molecule has 0 bridgehead atoms. The van der Waals surface area contributed by atoms with Gasteiger partial charge in [-0.3, -0.25) is 0 Å². The van der Waals surface area contributed by atoms with E-state index in [0.717, 1.165) is 44.2 Å². The molecule has 11 aromatic rings. The van der Waals surface area contributed by atoms with Gasteiger partial charge in [-0.05, 0) is 88.0 Å². The van der Waals surface area contributed by atoms with Gasteiger partial charge in [-0.15, -0.1) is 11.3 Å². The molecule has 0 unspecified atom stereocenters. The van der Waals surface area contributed by atoms with Crippen LogP contribution < -0.4 is 0 Å². The third-order valence-electron chi connectivity index (χ3n) is 12.1. The van der Waals surface area contributed by atoms with E-state index in [0.29, 0.717) is 17.5 Å². The van der Waals surface area contributed by atoms with Crippen LogP contribution in [-0.2, 0) is 5.41 Å². The number of para-hydroxylation sites is 2. The van der Waals surface area contributed by atoms with Crippen molar-refractivity contribution >= 4 is 53.3 Å². The normalized spacial score (nSPS) is 12.9. The second-order valence-electron chi connectivity index (χ2n) is 15.8. The van der Waals surface area contributed by atoms with E-state index in [4.69, 9.17) is 15.0 Å². The van der Waals surface area contributed by atoms with Crippen molar-refractivity contribution in [3.63, 3.8) is 0 Å². The number of aromatic nitrogens is 4. The summed E-state index contributed by atoms with van der Waals surface area (Å²) in [6.07, 6.45) is 0. The Kier molecular flexibility index (Phi) is 7.32. The highest BCUT2D eigenvalue weighted by Crippen LogP contribution is 2.53. The molecule has 0 atom stereocenters. The van der Waals surface area contributed by atoms with E-state index in [-0.39, 0.29) is 5.41 Å². The van der Waals surface area contributed by atoms with Crippen molar-refractivity contribution in [1.82, 2.24) is 19.5 Å². The minimum atomic E-state index is -0.313. The van der Waals surface area contributed by atoms with Crippen LogP contribution in [0.15, 0.2) is 170 Å². The van der Waals surface area contributed by atoms with Crippen molar-refractivity contribution in [3.05, 3.63) is 193 Å². The largest absolute Gasteiger partial charge is 0.301 e. The first-order valence-corrected chi connectivity index (χ1v) is 20.8. The van der Waals surface area contributed by atoms with E-state index in [1.165, 1.54) is 53.6 Å². The third kappa shape index (κ3) is 5.07. The highest BCUT2D eigenvalue weighted by Gasteiger charge is 2.38. The lowest BCUT2D eigenvalue weighted by molar-refractivity contribution is 0.661. The van der Waals surface area contributed by atoms with Crippen LogP contribution in [0.1, 0.15) is 25.0 Å². The number of benzene rings is 7. The van der Waals surface area contributed by atoms with Crippen molar-refractivity contribution in [2.45, 2.75) is 19.3 Å². The van der Waals surface area contributed by atoms with Gasteiger partial charge in [0, 0.05) is 58.7 Å². The number of thiophene rings is 1. The molecule has 4 nitrogen and oxygen atoms in total. The highest BCUT2D eigenvalue weighted by molar-refractivity contribution is 7.25. The average molecular weight is 771 g/mol. The Morgan fingerprint density at radius 3 is 2.03 bits per heavy atom. The molecule has 276 valence electrons. The van der Waals surface area contributed by atoms with Gasteiger partial charge in [-0.1, -0.05) is 141 Å². The van der Waals surface area contributed by atoms with Crippen LogP contribution in [0.3, 0.4) is 0 Å². The van der Waals surface area contributed by atoms with Gasteiger partial charge in [0.25, 0.3) is 0 Å². The molecule has 8 aromatic carbocycles. The van der Waals surface area contributed by atoms with Crippen LogP contribution in [0.25, 0.3) is 104 Å². The number of hydrogen-bond donors (Lipinski definition) is 0. The summed E-state index contributed by atoms with van der Waals surface area (Å²) in [6.45, 7) is 4.67. The fourth-order valence-electron chi connectivity index (χ4n) is 9.50. The maximum atomic E-state index is 5.43. The van der Waals surface area contributed by atoms with Crippen molar-refractivity contribution < 1.29 is 0 Å². The van der Waals surface area contributed by atoms with E-state index in [2.05, 4.69) is 170 Å². The zero-order valence-electron chi connectivity index (χ0n) is 32.4. The molecule has 0 aliphatic heterocycles. The average Bonchev–Trinajstić information content (AvgIpc) is 3.92. The molecule has 0 amide bonds. The minimum absolute atomic E-state index is 0.313. The Morgan fingerprint density at radius 1 is 0.508 bits per heavy atom. The summed E-state index contributed by atoms with van der Waals surface area (Å²) in [4.78, 5) is 16.0. The quantitative estimate of drug-likeness (QED) is 0.175. The van der Waals surface area contributed by atoms with Crippen LogP contribution in [0.4, 0.5) is 0 Å². The number of fused-ring (bicyclic) bond motifs is 9. The number of hydrogen-bond acceptors (Lipinski definition) is 4. The van der Waals surface area contributed by atoms with Gasteiger partial charge >= 0.3 is 0 Å². The molecule has 0 fully saturated rings. The van der Waals surface area contributed by atoms with Crippen molar-refractivity contribution in [2.24, 2.45) is 0 Å². The number of nitrogens with zero attached hydrogens (tertiary/aromatic N) is 4. The molecule has 0 N–H and O–H groups in total. The second kappa shape index (κ2) is 12.8. The smallest absolute Gasteiger partial charge is 0.166 e. The summed E-state index contributed by atoms with van der Waals surface area (Å²) in [5.41, 5.74) is 13.1. The standard InChI is InChI=1S/C54H34N4S/c1-54(2)44-31-30-34(36-22-15-29-47-48(36)40-21-10-12-28-46(40)59-47)32-43(44)38-23-13-25-41(49(38)54)52-55-51(33-16-5-3-6-17-33)56-53(57-52)42-26-14-24-39-37-20-9-11-27-45(37)58(50(39)42)35-18-7-4-8-19-35/h3-10,12-26,28-32H,1-2H3. The lowest BCUT2D eigenvalue weighted by atomic mass is 9.79. The molecule has 0 saturated heterocycles. The minimum Gasteiger partial charge on any atom is -0.301 e. The summed E-state index contributed by atoms with van der Waals surface area (Å²) in [6, 6.07) is 66.9. The van der Waals surface area contributed by atoms with E-state index in [9.17, 15) is 0 Å². The maximum Gasteiger partial charge on any atom is 0.166 e. The summed E-state index contributed by atoms with van der Waals surface area (Å²) in [7, 11) is 0. The monoisotopic (exact) mass is 770 g/mol. The molecule has 0 saturated carbocycles. The van der Waals surface area contributed by atoms with Gasteiger partial charge in [0.1, 0.15) is 5.52 Å². The molecule has 0 spiro atoms. The first kappa shape index (κ1) is 33.7. The third-order valence-corrected chi connectivity index (χ3v) is 13.2. The SMILES string of the molecule is CC1(C)c2ccc(-c3cccc4sc5ccccc5c34)cc2-c2cccc(-c3nc(-c4ccccc4)nc(-c4cccc5c6ccc#cc6n(-c6ccccc6)c45)n3)c21. The van der Waals surface area contributed by atoms with Crippen LogP contribution in [-0.4, -0.2) is 19.5 Å². The summed E-state index contributed by atoms with van der Waals surface area (Å²) in [5.74, 6) is 1.91. The second-order valence-corrected chi connectivity index (χ2v) is 16.9. The van der Waals surface area contributed by atoms with Crippen LogP contribution in [0, 0.1) is 12.1 Å². The highest BCUT2D eigenvalue weighted by atomic mass is 32.1.